The van der Waals surface area contributed by atoms with E-state index < -0.39 is 18.5 Å². The number of nitrogens with zero attached hydrogens (tertiary/aromatic N) is 1. The van der Waals surface area contributed by atoms with E-state index in [0.29, 0.717) is 16.6 Å². The Balaban J connectivity index is 1.60. The average molecular weight is 386 g/mol. The maximum Gasteiger partial charge on any atom is 0.338 e. The summed E-state index contributed by atoms with van der Waals surface area (Å²) in [5.74, 6) is -0.190. The lowest BCUT2D eigenvalue weighted by Crippen LogP contribution is -2.20. The highest BCUT2D eigenvalue weighted by molar-refractivity contribution is 7.22. The Hall–Kier alpha value is -3.13. The molecule has 2 aromatic carbocycles. The highest BCUT2D eigenvalue weighted by Gasteiger charge is 2.14. The lowest BCUT2D eigenvalue weighted by molar-refractivity contribution is -0.119. The zero-order valence-corrected chi connectivity index (χ0v) is 15.9. The van der Waals surface area contributed by atoms with Gasteiger partial charge < -0.3 is 14.2 Å². The largest absolute Gasteiger partial charge is 0.493 e. The first-order chi connectivity index (χ1) is 13.0. The summed E-state index contributed by atoms with van der Waals surface area (Å²) in [6, 6.07) is 10.5. The first-order valence-corrected chi connectivity index (χ1v) is 8.88. The predicted molar refractivity (Wildman–Crippen MR) is 103 cm³/mol. The molecule has 140 valence electrons. The fourth-order valence-corrected chi connectivity index (χ4v) is 3.40. The van der Waals surface area contributed by atoms with E-state index in [2.05, 4.69) is 10.3 Å². The van der Waals surface area contributed by atoms with Crippen LogP contribution in [0.3, 0.4) is 0 Å². The number of hydrogen-bond acceptors (Lipinski definition) is 7. The SMILES string of the molecule is COc1ccc(C(=O)OCC(=O)Nc2nc3ccc(C)cc3s2)cc1OC. The van der Waals surface area contributed by atoms with Crippen molar-refractivity contribution >= 4 is 38.6 Å². The zero-order valence-electron chi connectivity index (χ0n) is 15.1. The smallest absolute Gasteiger partial charge is 0.338 e. The van der Waals surface area contributed by atoms with E-state index in [1.165, 1.54) is 37.7 Å². The Labute approximate surface area is 159 Å². The summed E-state index contributed by atoms with van der Waals surface area (Å²) in [7, 11) is 2.98. The zero-order chi connectivity index (χ0) is 19.4. The molecule has 0 radical (unpaired) electrons. The van der Waals surface area contributed by atoms with E-state index in [4.69, 9.17) is 14.2 Å². The second-order valence-electron chi connectivity index (χ2n) is 5.68. The van der Waals surface area contributed by atoms with Crippen LogP contribution in [0.5, 0.6) is 11.5 Å². The van der Waals surface area contributed by atoms with Crippen molar-refractivity contribution in [2.24, 2.45) is 0 Å². The Morgan fingerprint density at radius 1 is 1.07 bits per heavy atom. The van der Waals surface area contributed by atoms with Gasteiger partial charge in [-0.1, -0.05) is 17.4 Å². The van der Waals surface area contributed by atoms with Gasteiger partial charge in [-0.15, -0.1) is 0 Å². The molecule has 0 aliphatic rings. The molecule has 0 bridgehead atoms. The molecule has 1 heterocycles. The number of hydrogen-bond donors (Lipinski definition) is 1. The lowest BCUT2D eigenvalue weighted by Gasteiger charge is -2.09. The summed E-state index contributed by atoms with van der Waals surface area (Å²) >= 11 is 1.37. The summed E-state index contributed by atoms with van der Waals surface area (Å²) < 4.78 is 16.3. The number of thiazole rings is 1. The molecule has 8 heteroatoms. The molecule has 1 amide bonds. The first kappa shape index (κ1) is 18.7. The Bertz CT molecular complexity index is 999. The van der Waals surface area contributed by atoms with Crippen LogP contribution >= 0.6 is 11.3 Å². The molecule has 0 unspecified atom stereocenters. The first-order valence-electron chi connectivity index (χ1n) is 8.06. The van der Waals surface area contributed by atoms with Crippen LogP contribution in [0.25, 0.3) is 10.2 Å². The minimum absolute atomic E-state index is 0.260. The lowest BCUT2D eigenvalue weighted by atomic mass is 10.2. The van der Waals surface area contributed by atoms with Crippen LogP contribution in [0, 0.1) is 6.92 Å². The molecular formula is C19H18N2O5S. The maximum atomic E-state index is 12.1. The Kier molecular flexibility index (Phi) is 5.56. The molecule has 27 heavy (non-hydrogen) atoms. The van der Waals surface area contributed by atoms with Crippen LogP contribution in [0.4, 0.5) is 5.13 Å². The predicted octanol–water partition coefficient (Wildman–Crippen LogP) is 3.42. The molecule has 0 spiro atoms. The van der Waals surface area contributed by atoms with Crippen molar-refractivity contribution in [1.29, 1.82) is 0 Å². The summed E-state index contributed by atoms with van der Waals surface area (Å²) in [6.45, 7) is 1.58. The molecule has 7 nitrogen and oxygen atoms in total. The number of methoxy groups -OCH3 is 2. The second-order valence-corrected chi connectivity index (χ2v) is 6.71. The van der Waals surface area contributed by atoms with Gasteiger partial charge in [-0.2, -0.15) is 0 Å². The molecule has 0 saturated carbocycles. The highest BCUT2D eigenvalue weighted by atomic mass is 32.1. The molecule has 0 aliphatic heterocycles. The van der Waals surface area contributed by atoms with Gasteiger partial charge in [-0.25, -0.2) is 9.78 Å². The van der Waals surface area contributed by atoms with Crippen molar-refractivity contribution in [3.05, 3.63) is 47.5 Å². The number of rotatable bonds is 6. The number of carbonyl (C=O) groups is 2. The molecular weight excluding hydrogens is 368 g/mol. The summed E-state index contributed by atoms with van der Waals surface area (Å²) in [6.07, 6.45) is 0. The molecule has 3 rings (SSSR count). The van der Waals surface area contributed by atoms with Gasteiger partial charge in [0.05, 0.1) is 30.0 Å². The van der Waals surface area contributed by atoms with Gasteiger partial charge in [0, 0.05) is 0 Å². The van der Waals surface area contributed by atoms with E-state index in [0.717, 1.165) is 15.8 Å². The van der Waals surface area contributed by atoms with Crippen LogP contribution in [-0.4, -0.2) is 37.7 Å². The average Bonchev–Trinajstić information content (AvgIpc) is 3.06. The molecule has 3 aromatic rings. The normalized spacial score (nSPS) is 10.5. The van der Waals surface area contributed by atoms with Gasteiger partial charge in [0.2, 0.25) is 0 Å². The number of fused-ring (bicyclic) bond motifs is 1. The number of anilines is 1. The fourth-order valence-electron chi connectivity index (χ4n) is 2.42. The van der Waals surface area contributed by atoms with Gasteiger partial charge in [0.1, 0.15) is 0 Å². The molecule has 0 atom stereocenters. The molecule has 0 saturated heterocycles. The van der Waals surface area contributed by atoms with Gasteiger partial charge in [-0.3, -0.25) is 10.1 Å². The van der Waals surface area contributed by atoms with E-state index in [9.17, 15) is 9.59 Å². The molecule has 0 fully saturated rings. The van der Waals surface area contributed by atoms with Crippen molar-refractivity contribution in [1.82, 2.24) is 4.98 Å². The number of carbonyl (C=O) groups excluding carboxylic acids is 2. The number of nitrogens with one attached hydrogen (secondary N) is 1. The third kappa shape index (κ3) is 4.35. The van der Waals surface area contributed by atoms with Crippen LogP contribution in [0.2, 0.25) is 0 Å². The minimum Gasteiger partial charge on any atom is -0.493 e. The second kappa shape index (κ2) is 8.05. The fraction of sp³-hybridized carbons (Fsp3) is 0.211. The van der Waals surface area contributed by atoms with Crippen molar-refractivity contribution in [2.75, 3.05) is 26.1 Å². The van der Waals surface area contributed by atoms with Gasteiger partial charge in [0.25, 0.3) is 5.91 Å². The highest BCUT2D eigenvalue weighted by Crippen LogP contribution is 2.28. The topological polar surface area (TPSA) is 86.8 Å². The summed E-state index contributed by atoms with van der Waals surface area (Å²) in [4.78, 5) is 28.5. The standard InChI is InChI=1S/C19H18N2O5S/c1-11-4-6-13-16(8-11)27-19(20-13)21-17(22)10-26-18(23)12-5-7-14(24-2)15(9-12)25-3/h4-9H,10H2,1-3H3,(H,20,21,22). The van der Waals surface area contributed by atoms with Crippen molar-refractivity contribution in [3.63, 3.8) is 0 Å². The van der Waals surface area contributed by atoms with E-state index >= 15 is 0 Å². The molecule has 0 aliphatic carbocycles. The van der Waals surface area contributed by atoms with Crippen LogP contribution in [0.1, 0.15) is 15.9 Å². The van der Waals surface area contributed by atoms with Crippen LogP contribution in [0.15, 0.2) is 36.4 Å². The van der Waals surface area contributed by atoms with Crippen molar-refractivity contribution in [3.8, 4) is 11.5 Å². The Morgan fingerprint density at radius 3 is 2.59 bits per heavy atom. The van der Waals surface area contributed by atoms with Crippen molar-refractivity contribution in [2.45, 2.75) is 6.92 Å². The molecule has 1 aromatic heterocycles. The number of aromatic nitrogens is 1. The van der Waals surface area contributed by atoms with Crippen molar-refractivity contribution < 1.29 is 23.8 Å². The number of amides is 1. The van der Waals surface area contributed by atoms with Crippen LogP contribution in [-0.2, 0) is 9.53 Å². The quantitative estimate of drug-likeness (QED) is 0.653. The third-order valence-corrected chi connectivity index (χ3v) is 4.68. The van der Waals surface area contributed by atoms with E-state index in [1.54, 1.807) is 6.07 Å². The summed E-state index contributed by atoms with van der Waals surface area (Å²) in [5.41, 5.74) is 2.19. The van der Waals surface area contributed by atoms with E-state index in [-0.39, 0.29) is 5.56 Å². The Morgan fingerprint density at radius 2 is 1.85 bits per heavy atom. The minimum atomic E-state index is -0.633. The molecule has 1 N–H and O–H groups in total. The number of ether oxygens (including phenoxy) is 3. The monoisotopic (exact) mass is 386 g/mol. The number of esters is 1. The number of aryl methyl sites for hydroxylation is 1. The summed E-state index contributed by atoms with van der Waals surface area (Å²) in [5, 5.41) is 3.11. The van der Waals surface area contributed by atoms with Crippen LogP contribution < -0.4 is 14.8 Å². The maximum absolute atomic E-state index is 12.1. The third-order valence-electron chi connectivity index (χ3n) is 3.74. The van der Waals surface area contributed by atoms with Gasteiger partial charge in [-0.05, 0) is 42.8 Å². The number of benzene rings is 2. The van der Waals surface area contributed by atoms with Gasteiger partial charge >= 0.3 is 5.97 Å². The van der Waals surface area contributed by atoms with Gasteiger partial charge in [0.15, 0.2) is 23.2 Å². The van der Waals surface area contributed by atoms with E-state index in [1.807, 2.05) is 25.1 Å².